The molecule has 0 aliphatic carbocycles. The standard InChI is InChI=1S/C34H46O6Si3/c1-22(41-29-16-10-13-26(35-4)32(29)38-7)19-25(20-23(2)42-30-17-11-14-27(36-5)33(30)39-8)21-24(3)43-31-18-12-15-28(37-6)34(31)40-9/h10-18,22-25H,19-21H2,1-9H3. The van der Waals surface area contributed by atoms with Gasteiger partial charge in [-0.1, -0.05) is 76.4 Å². The molecule has 3 unspecified atom stereocenters. The van der Waals surface area contributed by atoms with Crippen LogP contribution in [-0.4, -0.2) is 71.2 Å². The smallest absolute Gasteiger partial charge is 0.160 e. The van der Waals surface area contributed by atoms with E-state index in [9.17, 15) is 0 Å². The Labute approximate surface area is 266 Å². The molecule has 0 saturated heterocycles. The number of rotatable bonds is 18. The fourth-order valence-corrected chi connectivity index (χ4v) is 10.4. The van der Waals surface area contributed by atoms with Crippen molar-refractivity contribution in [3.63, 3.8) is 0 Å². The van der Waals surface area contributed by atoms with E-state index in [0.717, 1.165) is 53.8 Å². The molecule has 9 heteroatoms. The van der Waals surface area contributed by atoms with Gasteiger partial charge < -0.3 is 28.4 Å². The van der Waals surface area contributed by atoms with Crippen molar-refractivity contribution >= 4 is 44.1 Å². The Bertz CT molecular complexity index is 1130. The maximum Gasteiger partial charge on any atom is 0.160 e. The van der Waals surface area contributed by atoms with Crippen LogP contribution in [0.3, 0.4) is 0 Å². The van der Waals surface area contributed by atoms with Gasteiger partial charge in [-0.05, 0) is 56.3 Å². The Morgan fingerprint density at radius 1 is 0.442 bits per heavy atom. The van der Waals surface area contributed by atoms with Crippen LogP contribution < -0.4 is 44.0 Å². The highest BCUT2D eigenvalue weighted by molar-refractivity contribution is 6.57. The van der Waals surface area contributed by atoms with E-state index in [-0.39, 0.29) is 0 Å². The number of methoxy groups -OCH3 is 6. The highest BCUT2D eigenvalue weighted by atomic mass is 28.2. The number of benzene rings is 3. The van der Waals surface area contributed by atoms with Crippen LogP contribution in [0.4, 0.5) is 0 Å². The van der Waals surface area contributed by atoms with E-state index < -0.39 is 0 Å². The molecule has 0 N–H and O–H groups in total. The van der Waals surface area contributed by atoms with E-state index in [1.807, 2.05) is 18.2 Å². The van der Waals surface area contributed by atoms with Crippen LogP contribution in [0.25, 0.3) is 0 Å². The summed E-state index contributed by atoms with van der Waals surface area (Å²) in [5.74, 6) is 5.50. The van der Waals surface area contributed by atoms with E-state index in [1.165, 1.54) is 15.6 Å². The fraction of sp³-hybridized carbons (Fsp3) is 0.471. The zero-order valence-electron chi connectivity index (χ0n) is 27.1. The van der Waals surface area contributed by atoms with Gasteiger partial charge in [-0.15, -0.1) is 0 Å². The Morgan fingerprint density at radius 3 is 0.953 bits per heavy atom. The summed E-state index contributed by atoms with van der Waals surface area (Å²) >= 11 is 0. The molecule has 3 rings (SSSR count). The van der Waals surface area contributed by atoms with Crippen molar-refractivity contribution in [2.24, 2.45) is 5.92 Å². The first-order valence-corrected chi connectivity index (χ1v) is 17.9. The van der Waals surface area contributed by atoms with Gasteiger partial charge in [0.25, 0.3) is 0 Å². The van der Waals surface area contributed by atoms with E-state index >= 15 is 0 Å². The van der Waals surface area contributed by atoms with Crippen LogP contribution in [0, 0.1) is 5.92 Å². The van der Waals surface area contributed by atoms with Crippen LogP contribution in [0.5, 0.6) is 34.5 Å². The predicted molar refractivity (Wildman–Crippen MR) is 180 cm³/mol. The predicted octanol–water partition coefficient (Wildman–Crippen LogP) is 5.34. The maximum atomic E-state index is 5.76. The van der Waals surface area contributed by atoms with Crippen molar-refractivity contribution in [3.8, 4) is 34.5 Å². The minimum atomic E-state index is 0.509. The summed E-state index contributed by atoms with van der Waals surface area (Å²) in [6, 6.07) is 18.6. The molecular formula is C34H46O6Si3. The summed E-state index contributed by atoms with van der Waals surface area (Å²) in [5, 5.41) is 3.67. The molecule has 0 saturated carbocycles. The van der Waals surface area contributed by atoms with Crippen molar-refractivity contribution < 1.29 is 28.4 Å². The molecule has 230 valence electrons. The molecule has 0 fully saturated rings. The van der Waals surface area contributed by atoms with Crippen LogP contribution >= 0.6 is 0 Å². The van der Waals surface area contributed by atoms with E-state index in [2.05, 4.69) is 57.2 Å². The average molecular weight is 635 g/mol. The van der Waals surface area contributed by atoms with Gasteiger partial charge in [0.1, 0.15) is 0 Å². The lowest BCUT2D eigenvalue weighted by Gasteiger charge is -2.27. The zero-order valence-corrected chi connectivity index (χ0v) is 30.1. The Hall–Kier alpha value is -2.89. The van der Waals surface area contributed by atoms with Gasteiger partial charge in [0, 0.05) is 0 Å². The van der Waals surface area contributed by atoms with Gasteiger partial charge in [-0.2, -0.15) is 0 Å². The second-order valence-corrected chi connectivity index (χ2v) is 16.3. The molecular weight excluding hydrogens is 589 g/mol. The summed E-state index contributed by atoms with van der Waals surface area (Å²) in [6.07, 6.45) is 3.44. The lowest BCUT2D eigenvalue weighted by atomic mass is 9.93. The number of ether oxygens (including phenoxy) is 6. The molecule has 0 amide bonds. The van der Waals surface area contributed by atoms with Crippen molar-refractivity contribution in [2.75, 3.05) is 42.7 Å². The van der Waals surface area contributed by atoms with Crippen LogP contribution in [0.15, 0.2) is 54.6 Å². The molecule has 0 aliphatic rings. The summed E-state index contributed by atoms with van der Waals surface area (Å²) in [4.78, 5) is 0. The second kappa shape index (κ2) is 17.4. The Balaban J connectivity index is 1.80. The molecule has 6 radical (unpaired) electrons. The fourth-order valence-electron chi connectivity index (χ4n) is 5.76. The molecule has 6 nitrogen and oxygen atoms in total. The van der Waals surface area contributed by atoms with Gasteiger partial charge in [0.15, 0.2) is 34.5 Å². The molecule has 0 bridgehead atoms. The third-order valence-corrected chi connectivity index (χ3v) is 11.8. The first kappa shape index (κ1) is 34.6. The first-order chi connectivity index (χ1) is 20.8. The lowest BCUT2D eigenvalue weighted by Crippen LogP contribution is -2.26. The van der Waals surface area contributed by atoms with Gasteiger partial charge in [-0.25, -0.2) is 0 Å². The summed E-state index contributed by atoms with van der Waals surface area (Å²) in [7, 11) is 12.2. The Kier molecular flexibility index (Phi) is 14.0. The monoisotopic (exact) mass is 634 g/mol. The minimum Gasteiger partial charge on any atom is -0.493 e. The number of hydrogen-bond donors (Lipinski definition) is 0. The van der Waals surface area contributed by atoms with Crippen molar-refractivity contribution in [1.82, 2.24) is 0 Å². The third kappa shape index (κ3) is 9.55. The SMILES string of the molecule is COc1cccc([Si]C(C)CC(CC(C)[Si]c2cccc(OC)c2OC)CC(C)[Si]c2cccc(OC)c2OC)c1OC. The number of para-hydroxylation sites is 3. The normalized spacial score (nSPS) is 13.9. The lowest BCUT2D eigenvalue weighted by molar-refractivity contribution is 0.357. The van der Waals surface area contributed by atoms with Gasteiger partial charge in [-0.3, -0.25) is 0 Å². The van der Waals surface area contributed by atoms with Crippen molar-refractivity contribution in [1.29, 1.82) is 0 Å². The molecule has 0 spiro atoms. The molecule has 3 aromatic carbocycles. The van der Waals surface area contributed by atoms with Crippen LogP contribution in [0.2, 0.25) is 16.6 Å². The molecule has 3 aromatic rings. The van der Waals surface area contributed by atoms with Crippen LogP contribution in [0.1, 0.15) is 40.0 Å². The van der Waals surface area contributed by atoms with Gasteiger partial charge >= 0.3 is 0 Å². The van der Waals surface area contributed by atoms with E-state index in [1.54, 1.807) is 42.7 Å². The average Bonchev–Trinajstić information content (AvgIpc) is 3.00. The third-order valence-electron chi connectivity index (χ3n) is 7.48. The highest BCUT2D eigenvalue weighted by Crippen LogP contribution is 2.34. The summed E-state index contributed by atoms with van der Waals surface area (Å²) < 4.78 is 34.0. The topological polar surface area (TPSA) is 55.4 Å². The molecule has 43 heavy (non-hydrogen) atoms. The molecule has 0 aliphatic heterocycles. The molecule has 0 aromatic heterocycles. The molecule has 0 heterocycles. The second-order valence-electron chi connectivity index (χ2n) is 10.8. The van der Waals surface area contributed by atoms with Gasteiger partial charge in [0.05, 0.1) is 71.2 Å². The largest absolute Gasteiger partial charge is 0.493 e. The van der Waals surface area contributed by atoms with E-state index in [0.29, 0.717) is 51.1 Å². The highest BCUT2D eigenvalue weighted by Gasteiger charge is 2.24. The summed E-state index contributed by atoms with van der Waals surface area (Å²) in [6.45, 7) is 7.13. The Morgan fingerprint density at radius 2 is 0.721 bits per heavy atom. The quantitative estimate of drug-likeness (QED) is 0.176. The maximum absolute atomic E-state index is 5.76. The van der Waals surface area contributed by atoms with Crippen LogP contribution in [-0.2, 0) is 0 Å². The minimum absolute atomic E-state index is 0.509. The van der Waals surface area contributed by atoms with Crippen molar-refractivity contribution in [3.05, 3.63) is 54.6 Å². The van der Waals surface area contributed by atoms with Crippen molar-refractivity contribution in [2.45, 2.75) is 56.7 Å². The zero-order chi connectivity index (χ0) is 31.4. The number of hydrogen-bond acceptors (Lipinski definition) is 6. The molecule has 3 atom stereocenters. The first-order valence-electron chi connectivity index (χ1n) is 14.7. The summed E-state index contributed by atoms with van der Waals surface area (Å²) in [5.41, 5.74) is 1.53. The van der Waals surface area contributed by atoms with Gasteiger partial charge in [0.2, 0.25) is 0 Å². The van der Waals surface area contributed by atoms with E-state index in [4.69, 9.17) is 28.4 Å².